The lowest BCUT2D eigenvalue weighted by atomic mass is 10.1. The van der Waals surface area contributed by atoms with Gasteiger partial charge in [0.2, 0.25) is 5.91 Å². The average molecular weight is 292 g/mol. The molecule has 2 heterocycles. The molecule has 1 aromatic heterocycles. The molecule has 3 nitrogen and oxygen atoms in total. The van der Waals surface area contributed by atoms with Crippen LogP contribution in [0.25, 0.3) is 5.57 Å². The number of likely N-dealkylation sites (tertiary alicyclic amines) is 1. The molecular weight excluding hydrogens is 272 g/mol. The minimum atomic E-state index is 0.0782. The maximum Gasteiger partial charge on any atom is 0.247 e. The highest BCUT2D eigenvalue weighted by Gasteiger charge is 2.29. The monoisotopic (exact) mass is 292 g/mol. The summed E-state index contributed by atoms with van der Waals surface area (Å²) in [6, 6.07) is 16.0. The van der Waals surface area contributed by atoms with Gasteiger partial charge < -0.3 is 4.90 Å². The Labute approximate surface area is 131 Å². The van der Waals surface area contributed by atoms with E-state index >= 15 is 0 Å². The molecule has 1 aliphatic rings. The molecule has 1 atom stereocenters. The lowest BCUT2D eigenvalue weighted by Crippen LogP contribution is -2.29. The summed E-state index contributed by atoms with van der Waals surface area (Å²) in [4.78, 5) is 19.0. The topological polar surface area (TPSA) is 33.2 Å². The number of amides is 1. The summed E-state index contributed by atoms with van der Waals surface area (Å²) in [5.41, 5.74) is 3.07. The summed E-state index contributed by atoms with van der Waals surface area (Å²) in [6.07, 6.45) is 5.56. The van der Waals surface area contributed by atoms with Crippen LogP contribution < -0.4 is 0 Å². The van der Waals surface area contributed by atoms with E-state index in [-0.39, 0.29) is 11.9 Å². The standard InChI is InChI=1S/C19H20N2O/c1-15(16-8-3-2-4-9-16)14-19(22)21-13-7-11-18(21)17-10-5-6-12-20-17/h2-6,8-10,12,14,18H,7,11,13H2,1H3/b15-14+/t18-/m0/s1. The fourth-order valence-electron chi connectivity index (χ4n) is 2.96. The fourth-order valence-corrected chi connectivity index (χ4v) is 2.96. The number of nitrogens with zero attached hydrogens (tertiary/aromatic N) is 2. The van der Waals surface area contributed by atoms with Crippen molar-refractivity contribution in [2.24, 2.45) is 0 Å². The summed E-state index contributed by atoms with van der Waals surface area (Å²) in [6.45, 7) is 2.79. The molecule has 1 aliphatic heterocycles. The predicted molar refractivity (Wildman–Crippen MR) is 88.0 cm³/mol. The molecule has 2 aromatic rings. The number of rotatable bonds is 3. The zero-order chi connectivity index (χ0) is 15.4. The van der Waals surface area contributed by atoms with Gasteiger partial charge in [-0.2, -0.15) is 0 Å². The molecule has 112 valence electrons. The van der Waals surface area contributed by atoms with Crippen molar-refractivity contribution in [2.75, 3.05) is 6.54 Å². The molecule has 0 aliphatic carbocycles. The molecule has 0 saturated carbocycles. The van der Waals surface area contributed by atoms with Gasteiger partial charge in [-0.3, -0.25) is 9.78 Å². The molecule has 1 saturated heterocycles. The van der Waals surface area contributed by atoms with Crippen LogP contribution in [-0.2, 0) is 4.79 Å². The Morgan fingerprint density at radius 3 is 2.68 bits per heavy atom. The molecule has 0 N–H and O–H groups in total. The summed E-state index contributed by atoms with van der Waals surface area (Å²) < 4.78 is 0. The normalized spacial score (nSPS) is 18.5. The van der Waals surface area contributed by atoms with Crippen LogP contribution in [0.2, 0.25) is 0 Å². The quantitative estimate of drug-likeness (QED) is 0.805. The van der Waals surface area contributed by atoms with Crippen molar-refractivity contribution >= 4 is 11.5 Å². The van der Waals surface area contributed by atoms with E-state index in [1.807, 2.05) is 60.4 Å². The van der Waals surface area contributed by atoms with Crippen LogP contribution in [0, 0.1) is 0 Å². The Bertz CT molecular complexity index is 664. The van der Waals surface area contributed by atoms with Crippen molar-refractivity contribution in [2.45, 2.75) is 25.8 Å². The summed E-state index contributed by atoms with van der Waals surface area (Å²) in [5, 5.41) is 0. The molecule has 0 radical (unpaired) electrons. The van der Waals surface area contributed by atoms with E-state index in [1.165, 1.54) is 0 Å². The first-order valence-corrected chi connectivity index (χ1v) is 7.71. The molecule has 3 rings (SSSR count). The highest BCUT2D eigenvalue weighted by molar-refractivity contribution is 5.95. The first kappa shape index (κ1) is 14.5. The molecule has 0 bridgehead atoms. The van der Waals surface area contributed by atoms with E-state index in [2.05, 4.69) is 4.98 Å². The van der Waals surface area contributed by atoms with Crippen molar-refractivity contribution in [3.8, 4) is 0 Å². The first-order valence-electron chi connectivity index (χ1n) is 7.71. The molecule has 0 spiro atoms. The molecule has 1 amide bonds. The van der Waals surface area contributed by atoms with Crippen LogP contribution >= 0.6 is 0 Å². The Balaban J connectivity index is 1.80. The minimum Gasteiger partial charge on any atom is -0.331 e. The Hall–Kier alpha value is -2.42. The van der Waals surface area contributed by atoms with Crippen LogP contribution in [0.4, 0.5) is 0 Å². The third-order valence-electron chi connectivity index (χ3n) is 4.13. The second-order valence-corrected chi connectivity index (χ2v) is 5.64. The SMILES string of the molecule is C/C(=C\C(=O)N1CCC[C@H]1c1ccccn1)c1ccccc1. The van der Waals surface area contributed by atoms with Gasteiger partial charge in [0.1, 0.15) is 0 Å². The van der Waals surface area contributed by atoms with Crippen molar-refractivity contribution in [1.82, 2.24) is 9.88 Å². The summed E-state index contributed by atoms with van der Waals surface area (Å²) in [7, 11) is 0. The number of carbonyl (C=O) groups excluding carboxylic acids is 1. The van der Waals surface area contributed by atoms with Gasteiger partial charge >= 0.3 is 0 Å². The zero-order valence-corrected chi connectivity index (χ0v) is 12.8. The van der Waals surface area contributed by atoms with Crippen molar-refractivity contribution in [3.05, 3.63) is 72.1 Å². The highest BCUT2D eigenvalue weighted by Crippen LogP contribution is 2.31. The molecular formula is C19H20N2O. The van der Waals surface area contributed by atoms with E-state index in [1.54, 1.807) is 12.3 Å². The number of carbonyl (C=O) groups is 1. The van der Waals surface area contributed by atoms with Gasteiger partial charge in [0.15, 0.2) is 0 Å². The van der Waals surface area contributed by atoms with Gasteiger partial charge in [0, 0.05) is 18.8 Å². The number of allylic oxidation sites excluding steroid dienone is 1. The van der Waals surface area contributed by atoms with Crippen molar-refractivity contribution < 1.29 is 4.79 Å². The van der Waals surface area contributed by atoms with Gasteiger partial charge in [-0.15, -0.1) is 0 Å². The van der Waals surface area contributed by atoms with Gasteiger partial charge in [0.05, 0.1) is 11.7 Å². The van der Waals surface area contributed by atoms with E-state index in [9.17, 15) is 4.79 Å². The van der Waals surface area contributed by atoms with Gasteiger partial charge in [-0.1, -0.05) is 36.4 Å². The van der Waals surface area contributed by atoms with Crippen LogP contribution in [0.15, 0.2) is 60.8 Å². The maximum absolute atomic E-state index is 12.6. The predicted octanol–water partition coefficient (Wildman–Crippen LogP) is 3.85. The van der Waals surface area contributed by atoms with Crippen LogP contribution in [-0.4, -0.2) is 22.3 Å². The van der Waals surface area contributed by atoms with Crippen molar-refractivity contribution in [1.29, 1.82) is 0 Å². The first-order chi connectivity index (χ1) is 10.8. The maximum atomic E-state index is 12.6. The third kappa shape index (κ3) is 3.08. The number of aromatic nitrogens is 1. The minimum absolute atomic E-state index is 0.0782. The smallest absolute Gasteiger partial charge is 0.247 e. The Morgan fingerprint density at radius 1 is 1.18 bits per heavy atom. The van der Waals surface area contributed by atoms with Crippen LogP contribution in [0.3, 0.4) is 0 Å². The number of hydrogen-bond donors (Lipinski definition) is 0. The molecule has 1 fully saturated rings. The lowest BCUT2D eigenvalue weighted by molar-refractivity contribution is -0.126. The largest absolute Gasteiger partial charge is 0.331 e. The van der Waals surface area contributed by atoms with E-state index < -0.39 is 0 Å². The molecule has 3 heteroatoms. The zero-order valence-electron chi connectivity index (χ0n) is 12.8. The average Bonchev–Trinajstić information content (AvgIpc) is 3.06. The second kappa shape index (κ2) is 6.56. The second-order valence-electron chi connectivity index (χ2n) is 5.64. The Morgan fingerprint density at radius 2 is 1.95 bits per heavy atom. The highest BCUT2D eigenvalue weighted by atomic mass is 16.2. The van der Waals surface area contributed by atoms with Gasteiger partial charge in [0.25, 0.3) is 0 Å². The van der Waals surface area contributed by atoms with Crippen molar-refractivity contribution in [3.63, 3.8) is 0 Å². The van der Waals surface area contributed by atoms with Crippen LogP contribution in [0.5, 0.6) is 0 Å². The summed E-state index contributed by atoms with van der Waals surface area (Å²) >= 11 is 0. The molecule has 1 aromatic carbocycles. The van der Waals surface area contributed by atoms with Crippen LogP contribution in [0.1, 0.15) is 37.1 Å². The van der Waals surface area contributed by atoms with Gasteiger partial charge in [-0.25, -0.2) is 0 Å². The molecule has 0 unspecified atom stereocenters. The number of benzene rings is 1. The molecule has 22 heavy (non-hydrogen) atoms. The van der Waals surface area contributed by atoms with E-state index in [0.717, 1.165) is 36.2 Å². The number of pyridine rings is 1. The summed E-state index contributed by atoms with van der Waals surface area (Å²) in [5.74, 6) is 0.0782. The Kier molecular flexibility index (Phi) is 4.33. The van der Waals surface area contributed by atoms with Gasteiger partial charge in [-0.05, 0) is 43.0 Å². The fraction of sp³-hybridized carbons (Fsp3) is 0.263. The van der Waals surface area contributed by atoms with E-state index in [0.29, 0.717) is 0 Å². The van der Waals surface area contributed by atoms with E-state index in [4.69, 9.17) is 0 Å². The number of hydrogen-bond acceptors (Lipinski definition) is 2. The lowest BCUT2D eigenvalue weighted by Gasteiger charge is -2.23. The third-order valence-corrected chi connectivity index (χ3v) is 4.13.